The molecule has 3 heterocycles. The van der Waals surface area contributed by atoms with Crippen molar-refractivity contribution in [2.45, 2.75) is 6.04 Å². The molecular weight excluding hydrogens is 499 g/mol. The third-order valence-corrected chi connectivity index (χ3v) is 6.72. The van der Waals surface area contributed by atoms with Gasteiger partial charge in [0.1, 0.15) is 5.58 Å². The lowest BCUT2D eigenvalue weighted by Gasteiger charge is -2.22. The molecule has 0 aliphatic carbocycles. The van der Waals surface area contributed by atoms with Crippen LogP contribution in [0.3, 0.4) is 0 Å². The molecule has 2 aromatic heterocycles. The summed E-state index contributed by atoms with van der Waals surface area (Å²) in [4.78, 5) is 32.5. The summed E-state index contributed by atoms with van der Waals surface area (Å²) in [6.45, 7) is 0. The molecule has 0 radical (unpaired) electrons. The van der Waals surface area contributed by atoms with E-state index in [4.69, 9.17) is 27.6 Å². The number of carbonyl (C=O) groups excluding carboxylic acids is 1. The summed E-state index contributed by atoms with van der Waals surface area (Å²) >= 11 is 17.0. The second kappa shape index (κ2) is 6.95. The van der Waals surface area contributed by atoms with Crippen LogP contribution in [0.4, 0.5) is 5.13 Å². The molecule has 4 aromatic rings. The van der Waals surface area contributed by atoms with Gasteiger partial charge >= 0.3 is 0 Å². The fourth-order valence-electron chi connectivity index (χ4n) is 3.48. The first-order chi connectivity index (χ1) is 14.0. The zero-order valence-electron chi connectivity index (χ0n) is 14.4. The normalized spacial score (nSPS) is 15.9. The largest absolute Gasteiger partial charge is 0.450 e. The Kier molecular flexibility index (Phi) is 4.51. The summed E-state index contributed by atoms with van der Waals surface area (Å²) in [7, 11) is 0. The number of benzene rings is 2. The maximum atomic E-state index is 13.4. The molecule has 0 fully saturated rings. The van der Waals surface area contributed by atoms with Gasteiger partial charge in [-0.05, 0) is 35.9 Å². The van der Waals surface area contributed by atoms with Gasteiger partial charge in [0, 0.05) is 16.0 Å². The molecule has 144 valence electrons. The predicted octanol–water partition coefficient (Wildman–Crippen LogP) is 6.07. The van der Waals surface area contributed by atoms with Gasteiger partial charge in [-0.15, -0.1) is 11.3 Å². The maximum Gasteiger partial charge on any atom is 0.297 e. The van der Waals surface area contributed by atoms with E-state index >= 15 is 0 Å². The van der Waals surface area contributed by atoms with E-state index in [1.807, 2.05) is 0 Å². The number of rotatable bonds is 2. The molecule has 1 aliphatic rings. The van der Waals surface area contributed by atoms with Gasteiger partial charge in [-0.3, -0.25) is 14.5 Å². The molecular formula is C20H9BrCl2N2O3S. The van der Waals surface area contributed by atoms with Crippen molar-refractivity contribution >= 4 is 72.5 Å². The molecule has 0 saturated heterocycles. The number of anilines is 1. The van der Waals surface area contributed by atoms with Gasteiger partial charge in [0.05, 0.1) is 27.0 Å². The van der Waals surface area contributed by atoms with E-state index in [0.29, 0.717) is 31.7 Å². The number of fused-ring (bicyclic) bond motifs is 2. The van der Waals surface area contributed by atoms with Crippen LogP contribution in [-0.4, -0.2) is 10.9 Å². The minimum Gasteiger partial charge on any atom is -0.450 e. The summed E-state index contributed by atoms with van der Waals surface area (Å²) in [6.07, 6.45) is 1.60. The van der Waals surface area contributed by atoms with E-state index in [1.165, 1.54) is 16.2 Å². The molecule has 29 heavy (non-hydrogen) atoms. The first kappa shape index (κ1) is 18.8. The van der Waals surface area contributed by atoms with Crippen LogP contribution in [0.2, 0.25) is 10.0 Å². The highest BCUT2D eigenvalue weighted by Gasteiger charge is 2.44. The monoisotopic (exact) mass is 506 g/mol. The van der Waals surface area contributed by atoms with Crippen LogP contribution >= 0.6 is 50.5 Å². The molecule has 0 spiro atoms. The molecule has 1 aliphatic heterocycles. The molecule has 1 amide bonds. The summed E-state index contributed by atoms with van der Waals surface area (Å²) in [5.41, 5.74) is 0.975. The zero-order chi connectivity index (χ0) is 20.3. The number of halogens is 3. The second-order valence-electron chi connectivity index (χ2n) is 6.38. The molecule has 1 atom stereocenters. The van der Waals surface area contributed by atoms with Crippen LogP contribution in [0.1, 0.15) is 27.7 Å². The molecule has 2 aromatic carbocycles. The number of hydrogen-bond acceptors (Lipinski definition) is 5. The highest BCUT2D eigenvalue weighted by molar-refractivity contribution is 9.10. The molecule has 5 nitrogen and oxygen atoms in total. The molecule has 5 rings (SSSR count). The first-order valence-corrected chi connectivity index (χ1v) is 10.8. The Morgan fingerprint density at radius 2 is 1.93 bits per heavy atom. The van der Waals surface area contributed by atoms with Crippen LogP contribution in [0.15, 0.2) is 61.7 Å². The number of thiazole rings is 1. The van der Waals surface area contributed by atoms with Crippen molar-refractivity contribution in [1.82, 2.24) is 4.98 Å². The number of amides is 1. The molecule has 0 N–H and O–H groups in total. The Morgan fingerprint density at radius 1 is 1.10 bits per heavy atom. The Hall–Kier alpha value is -2.19. The van der Waals surface area contributed by atoms with Crippen LogP contribution in [0.25, 0.3) is 11.0 Å². The van der Waals surface area contributed by atoms with Gasteiger partial charge in [0.25, 0.3) is 5.91 Å². The van der Waals surface area contributed by atoms with Crippen molar-refractivity contribution in [3.63, 3.8) is 0 Å². The molecule has 9 heteroatoms. The third kappa shape index (κ3) is 2.92. The quantitative estimate of drug-likeness (QED) is 0.330. The standard InChI is InChI=1S/C20H9BrCl2N2O3S/c21-10-2-4-14-11(8-10)17(26)15-16(9-1-3-12(22)13(23)7-9)25(19(27)18(15)28-14)20-24-5-6-29-20/h1-8,16H/t16-/m0/s1. The average Bonchev–Trinajstić information content (AvgIpc) is 3.32. The topological polar surface area (TPSA) is 63.4 Å². The number of hydrogen-bond donors (Lipinski definition) is 0. The minimum absolute atomic E-state index is 0.0103. The lowest BCUT2D eigenvalue weighted by molar-refractivity contribution is 0.0971. The van der Waals surface area contributed by atoms with Gasteiger partial charge in [-0.2, -0.15) is 0 Å². The summed E-state index contributed by atoms with van der Waals surface area (Å²) in [6, 6.07) is 9.41. The van der Waals surface area contributed by atoms with Crippen LogP contribution in [-0.2, 0) is 0 Å². The van der Waals surface area contributed by atoms with Crippen molar-refractivity contribution in [3.8, 4) is 0 Å². The van der Waals surface area contributed by atoms with Crippen LogP contribution < -0.4 is 10.3 Å². The zero-order valence-corrected chi connectivity index (χ0v) is 18.3. The SMILES string of the molecule is O=C1c2oc3ccc(Br)cc3c(=O)c2[C@H](c2ccc(Cl)c(Cl)c2)N1c1nccs1. The third-order valence-electron chi connectivity index (χ3n) is 4.72. The van der Waals surface area contributed by atoms with Gasteiger partial charge in [-0.25, -0.2) is 4.98 Å². The van der Waals surface area contributed by atoms with Crippen LogP contribution in [0, 0.1) is 0 Å². The number of carbonyl (C=O) groups is 1. The molecule has 0 saturated carbocycles. The first-order valence-electron chi connectivity index (χ1n) is 8.40. The minimum atomic E-state index is -0.724. The van der Waals surface area contributed by atoms with E-state index in [1.54, 1.807) is 48.0 Å². The summed E-state index contributed by atoms with van der Waals surface area (Å²) in [5.74, 6) is -0.413. The van der Waals surface area contributed by atoms with Gasteiger partial charge in [0.2, 0.25) is 5.76 Å². The summed E-state index contributed by atoms with van der Waals surface area (Å²) < 4.78 is 6.63. The summed E-state index contributed by atoms with van der Waals surface area (Å²) in [5, 5.41) is 3.33. The Labute approximate surface area is 186 Å². The highest BCUT2D eigenvalue weighted by Crippen LogP contribution is 2.43. The van der Waals surface area contributed by atoms with Crippen molar-refractivity contribution in [1.29, 1.82) is 0 Å². The smallest absolute Gasteiger partial charge is 0.297 e. The molecule has 0 unspecified atom stereocenters. The number of aromatic nitrogens is 1. The fraction of sp³-hybridized carbons (Fsp3) is 0.0500. The Balaban J connectivity index is 1.84. The van der Waals surface area contributed by atoms with Crippen LogP contribution in [0.5, 0.6) is 0 Å². The van der Waals surface area contributed by atoms with E-state index in [2.05, 4.69) is 20.9 Å². The molecule has 0 bridgehead atoms. The van der Waals surface area contributed by atoms with E-state index in [0.717, 1.165) is 4.47 Å². The fourth-order valence-corrected chi connectivity index (χ4v) is 4.81. The lowest BCUT2D eigenvalue weighted by Crippen LogP contribution is -2.29. The van der Waals surface area contributed by atoms with Gasteiger partial charge < -0.3 is 4.42 Å². The van der Waals surface area contributed by atoms with Gasteiger partial charge in [-0.1, -0.05) is 45.2 Å². The van der Waals surface area contributed by atoms with Crippen molar-refractivity contribution in [3.05, 3.63) is 89.6 Å². The Morgan fingerprint density at radius 3 is 2.66 bits per heavy atom. The highest BCUT2D eigenvalue weighted by atomic mass is 79.9. The van der Waals surface area contributed by atoms with E-state index in [9.17, 15) is 9.59 Å². The second-order valence-corrected chi connectivity index (χ2v) is 8.98. The van der Waals surface area contributed by atoms with Crippen molar-refractivity contribution in [2.75, 3.05) is 4.90 Å². The number of nitrogens with zero attached hydrogens (tertiary/aromatic N) is 2. The van der Waals surface area contributed by atoms with E-state index < -0.39 is 11.9 Å². The van der Waals surface area contributed by atoms with Gasteiger partial charge in [0.15, 0.2) is 10.6 Å². The van der Waals surface area contributed by atoms with Crippen molar-refractivity contribution in [2.24, 2.45) is 0 Å². The average molecular weight is 508 g/mol. The van der Waals surface area contributed by atoms with Crippen molar-refractivity contribution < 1.29 is 9.21 Å². The Bertz CT molecular complexity index is 1350. The predicted molar refractivity (Wildman–Crippen MR) is 117 cm³/mol. The van der Waals surface area contributed by atoms with E-state index in [-0.39, 0.29) is 16.8 Å². The maximum absolute atomic E-state index is 13.4. The lowest BCUT2D eigenvalue weighted by atomic mass is 9.99.